The van der Waals surface area contributed by atoms with E-state index in [2.05, 4.69) is 34.2 Å². The first-order valence-electron chi connectivity index (χ1n) is 9.49. The third-order valence-corrected chi connectivity index (χ3v) is 4.66. The van der Waals surface area contributed by atoms with E-state index < -0.39 is 0 Å². The topological polar surface area (TPSA) is 80.5 Å². The first-order chi connectivity index (χ1) is 12.9. The molecule has 7 nitrogen and oxygen atoms in total. The Morgan fingerprint density at radius 1 is 1.22 bits per heavy atom. The molecule has 1 N–H and O–H groups in total. The van der Waals surface area contributed by atoms with Crippen molar-refractivity contribution in [1.29, 1.82) is 0 Å². The highest BCUT2D eigenvalue weighted by atomic mass is 16.5. The lowest BCUT2D eigenvalue weighted by Gasteiger charge is -2.40. The molecule has 146 valence electrons. The number of morpholine rings is 1. The number of hydrogen-bond donors (Lipinski definition) is 1. The number of rotatable bonds is 6. The minimum Gasteiger partial charge on any atom is -0.373 e. The van der Waals surface area contributed by atoms with Gasteiger partial charge in [0.15, 0.2) is 0 Å². The number of amides is 1. The second-order valence-corrected chi connectivity index (χ2v) is 7.50. The largest absolute Gasteiger partial charge is 0.373 e. The van der Waals surface area contributed by atoms with E-state index in [4.69, 9.17) is 9.26 Å². The van der Waals surface area contributed by atoms with Crippen LogP contribution in [0.25, 0.3) is 11.4 Å². The molecule has 0 aliphatic carbocycles. The van der Waals surface area contributed by atoms with Gasteiger partial charge in [0.05, 0.1) is 24.8 Å². The Hall–Kier alpha value is -2.25. The SMILES string of the molecule is CC(C)[C@@H](C(=O)NCc1nc(-c2ccccc2)no1)N1C[C@@H](C)O[C@@H](C)C1. The molecule has 1 aromatic heterocycles. The van der Waals surface area contributed by atoms with Crippen LogP contribution in [0.4, 0.5) is 0 Å². The van der Waals surface area contributed by atoms with Crippen LogP contribution in [-0.2, 0) is 16.1 Å². The van der Waals surface area contributed by atoms with Gasteiger partial charge in [-0.05, 0) is 19.8 Å². The molecule has 3 rings (SSSR count). The normalized spacial score (nSPS) is 22.0. The number of aromatic nitrogens is 2. The standard InChI is InChI=1S/C20H28N4O3/c1-13(2)18(24-11-14(3)26-15(4)12-24)20(25)21-10-17-22-19(23-27-17)16-8-6-5-7-9-16/h5-9,13-15,18H,10-12H2,1-4H3,(H,21,25)/t14-,15+,18-/m0/s1. The molecule has 0 saturated carbocycles. The smallest absolute Gasteiger partial charge is 0.246 e. The zero-order valence-corrected chi connectivity index (χ0v) is 16.4. The molecule has 2 heterocycles. The molecular formula is C20H28N4O3. The van der Waals surface area contributed by atoms with Crippen LogP contribution in [0.2, 0.25) is 0 Å². The predicted molar refractivity (Wildman–Crippen MR) is 102 cm³/mol. The molecule has 1 aromatic carbocycles. The van der Waals surface area contributed by atoms with Crippen LogP contribution in [0.5, 0.6) is 0 Å². The van der Waals surface area contributed by atoms with Crippen molar-refractivity contribution >= 4 is 5.91 Å². The fourth-order valence-corrected chi connectivity index (χ4v) is 3.63. The maximum atomic E-state index is 12.9. The molecule has 1 aliphatic heterocycles. The van der Waals surface area contributed by atoms with E-state index >= 15 is 0 Å². The summed E-state index contributed by atoms with van der Waals surface area (Å²) in [4.78, 5) is 19.4. The maximum absolute atomic E-state index is 12.9. The molecule has 1 saturated heterocycles. The number of nitrogens with one attached hydrogen (secondary N) is 1. The summed E-state index contributed by atoms with van der Waals surface area (Å²) in [5.41, 5.74) is 0.884. The zero-order chi connectivity index (χ0) is 19.4. The predicted octanol–water partition coefficient (Wildman–Crippen LogP) is 2.49. The van der Waals surface area contributed by atoms with Gasteiger partial charge in [-0.3, -0.25) is 9.69 Å². The van der Waals surface area contributed by atoms with E-state index in [1.54, 1.807) is 0 Å². The Bertz CT molecular complexity index is 737. The Balaban J connectivity index is 1.62. The van der Waals surface area contributed by atoms with Crippen LogP contribution >= 0.6 is 0 Å². The van der Waals surface area contributed by atoms with Crippen molar-refractivity contribution in [3.8, 4) is 11.4 Å². The van der Waals surface area contributed by atoms with Gasteiger partial charge in [0, 0.05) is 18.7 Å². The number of benzene rings is 1. The summed E-state index contributed by atoms with van der Waals surface area (Å²) in [7, 11) is 0. The second kappa shape index (κ2) is 8.63. The van der Waals surface area contributed by atoms with Crippen LogP contribution in [0.3, 0.4) is 0 Å². The molecule has 1 aliphatic rings. The van der Waals surface area contributed by atoms with E-state index in [9.17, 15) is 4.79 Å². The Labute approximate surface area is 160 Å². The summed E-state index contributed by atoms with van der Waals surface area (Å²) in [6, 6.07) is 9.40. The summed E-state index contributed by atoms with van der Waals surface area (Å²) in [6.07, 6.45) is 0.236. The first kappa shape index (κ1) is 19.5. The van der Waals surface area contributed by atoms with Gasteiger partial charge < -0.3 is 14.6 Å². The van der Waals surface area contributed by atoms with Gasteiger partial charge in [-0.15, -0.1) is 0 Å². The van der Waals surface area contributed by atoms with Crippen molar-refractivity contribution in [3.05, 3.63) is 36.2 Å². The van der Waals surface area contributed by atoms with E-state index in [-0.39, 0.29) is 36.6 Å². The highest BCUT2D eigenvalue weighted by molar-refractivity contribution is 5.82. The van der Waals surface area contributed by atoms with Gasteiger partial charge in [0.1, 0.15) is 0 Å². The van der Waals surface area contributed by atoms with Crippen molar-refractivity contribution in [2.75, 3.05) is 13.1 Å². The zero-order valence-electron chi connectivity index (χ0n) is 16.4. The highest BCUT2D eigenvalue weighted by Crippen LogP contribution is 2.19. The van der Waals surface area contributed by atoms with Gasteiger partial charge in [-0.2, -0.15) is 4.98 Å². The maximum Gasteiger partial charge on any atom is 0.246 e. The summed E-state index contributed by atoms with van der Waals surface area (Å²) < 4.78 is 11.1. The molecule has 1 fully saturated rings. The Morgan fingerprint density at radius 3 is 2.52 bits per heavy atom. The molecule has 7 heteroatoms. The van der Waals surface area contributed by atoms with E-state index in [0.29, 0.717) is 11.7 Å². The van der Waals surface area contributed by atoms with Gasteiger partial charge in [0.25, 0.3) is 0 Å². The average molecular weight is 372 g/mol. The summed E-state index contributed by atoms with van der Waals surface area (Å²) in [6.45, 7) is 9.93. The van der Waals surface area contributed by atoms with Crippen molar-refractivity contribution in [2.45, 2.75) is 52.5 Å². The monoisotopic (exact) mass is 372 g/mol. The van der Waals surface area contributed by atoms with Crippen LogP contribution in [-0.4, -0.2) is 52.3 Å². The summed E-state index contributed by atoms with van der Waals surface area (Å²) in [5, 5.41) is 6.94. The molecule has 0 bridgehead atoms. The third kappa shape index (κ3) is 4.93. The number of carbonyl (C=O) groups excluding carboxylic acids is 1. The van der Waals surface area contributed by atoms with E-state index in [1.807, 2.05) is 44.2 Å². The average Bonchev–Trinajstić information content (AvgIpc) is 3.09. The number of nitrogens with zero attached hydrogens (tertiary/aromatic N) is 3. The van der Waals surface area contributed by atoms with Gasteiger partial charge >= 0.3 is 0 Å². The van der Waals surface area contributed by atoms with Crippen molar-refractivity contribution in [2.24, 2.45) is 5.92 Å². The van der Waals surface area contributed by atoms with Crippen LogP contribution < -0.4 is 5.32 Å². The quantitative estimate of drug-likeness (QED) is 0.839. The lowest BCUT2D eigenvalue weighted by molar-refractivity contribution is -0.135. The van der Waals surface area contributed by atoms with Gasteiger partial charge in [-0.25, -0.2) is 0 Å². The second-order valence-electron chi connectivity index (χ2n) is 7.50. The Morgan fingerprint density at radius 2 is 1.89 bits per heavy atom. The number of carbonyl (C=O) groups is 1. The van der Waals surface area contributed by atoms with E-state index in [1.165, 1.54) is 0 Å². The lowest BCUT2D eigenvalue weighted by Crippen LogP contribution is -2.56. The molecule has 0 unspecified atom stereocenters. The van der Waals surface area contributed by atoms with Gasteiger partial charge in [0.2, 0.25) is 17.6 Å². The molecule has 0 radical (unpaired) electrons. The highest BCUT2D eigenvalue weighted by Gasteiger charge is 2.34. The first-order valence-corrected chi connectivity index (χ1v) is 9.49. The lowest BCUT2D eigenvalue weighted by atomic mass is 9.99. The minimum atomic E-state index is -0.213. The molecule has 3 atom stereocenters. The van der Waals surface area contributed by atoms with Crippen LogP contribution in [0.1, 0.15) is 33.6 Å². The molecule has 0 spiro atoms. The van der Waals surface area contributed by atoms with Crippen LogP contribution in [0, 0.1) is 5.92 Å². The fraction of sp³-hybridized carbons (Fsp3) is 0.550. The number of hydrogen-bond acceptors (Lipinski definition) is 6. The summed E-state index contributed by atoms with van der Waals surface area (Å²) in [5.74, 6) is 1.08. The summed E-state index contributed by atoms with van der Waals surface area (Å²) >= 11 is 0. The fourth-order valence-electron chi connectivity index (χ4n) is 3.63. The van der Waals surface area contributed by atoms with Crippen molar-refractivity contribution in [1.82, 2.24) is 20.4 Å². The molecular weight excluding hydrogens is 344 g/mol. The van der Waals surface area contributed by atoms with E-state index in [0.717, 1.165) is 18.7 Å². The third-order valence-electron chi connectivity index (χ3n) is 4.66. The molecule has 27 heavy (non-hydrogen) atoms. The Kier molecular flexibility index (Phi) is 6.23. The van der Waals surface area contributed by atoms with Crippen molar-refractivity contribution < 1.29 is 14.1 Å². The minimum absolute atomic E-state index is 0.0224. The van der Waals surface area contributed by atoms with Crippen molar-refractivity contribution in [3.63, 3.8) is 0 Å². The molecule has 2 aromatic rings. The molecule has 1 amide bonds. The van der Waals surface area contributed by atoms with Gasteiger partial charge in [-0.1, -0.05) is 49.3 Å². The number of ether oxygens (including phenoxy) is 1. The van der Waals surface area contributed by atoms with Crippen LogP contribution in [0.15, 0.2) is 34.9 Å².